The first-order chi connectivity index (χ1) is 8.15. The molecule has 1 rings (SSSR count). The van der Waals surface area contributed by atoms with E-state index >= 15 is 0 Å². The molecule has 96 valence electrons. The van der Waals surface area contributed by atoms with Crippen molar-refractivity contribution in [1.82, 2.24) is 4.90 Å². The fourth-order valence-electron chi connectivity index (χ4n) is 2.35. The summed E-state index contributed by atoms with van der Waals surface area (Å²) in [6.07, 6.45) is 2.30. The van der Waals surface area contributed by atoms with Crippen LogP contribution in [0.2, 0.25) is 0 Å². The Morgan fingerprint density at radius 1 is 1.12 bits per heavy atom. The third-order valence-electron chi connectivity index (χ3n) is 3.83. The molecule has 1 aromatic carbocycles. The minimum Gasteiger partial charge on any atom is -0.330 e. The van der Waals surface area contributed by atoms with Gasteiger partial charge in [-0.25, -0.2) is 0 Å². The molecule has 0 fully saturated rings. The van der Waals surface area contributed by atoms with Crippen LogP contribution in [0.5, 0.6) is 0 Å². The van der Waals surface area contributed by atoms with E-state index in [9.17, 15) is 0 Å². The van der Waals surface area contributed by atoms with E-state index in [0.29, 0.717) is 0 Å². The van der Waals surface area contributed by atoms with Gasteiger partial charge in [-0.05, 0) is 37.4 Å². The van der Waals surface area contributed by atoms with E-state index in [1.807, 2.05) is 0 Å². The van der Waals surface area contributed by atoms with Gasteiger partial charge in [0, 0.05) is 13.1 Å². The summed E-state index contributed by atoms with van der Waals surface area (Å²) in [6.45, 7) is 7.34. The summed E-state index contributed by atoms with van der Waals surface area (Å²) < 4.78 is 0. The molecular formula is C15H26N2. The molecule has 0 atom stereocenters. The summed E-state index contributed by atoms with van der Waals surface area (Å²) in [4.78, 5) is 2.38. The second kappa shape index (κ2) is 6.77. The zero-order valence-corrected chi connectivity index (χ0v) is 11.4. The standard InChI is InChI=1S/C15H26N2/c1-4-15(5-2,12-16)13-17(3)11-14-9-7-6-8-10-14/h6-10H,4-5,11-13,16H2,1-3H3. The molecular weight excluding hydrogens is 208 g/mol. The minimum absolute atomic E-state index is 0.281. The van der Waals surface area contributed by atoms with Gasteiger partial charge in [0.15, 0.2) is 0 Å². The van der Waals surface area contributed by atoms with Crippen molar-refractivity contribution in [2.45, 2.75) is 33.2 Å². The van der Waals surface area contributed by atoms with E-state index in [4.69, 9.17) is 5.73 Å². The molecule has 0 spiro atoms. The van der Waals surface area contributed by atoms with Gasteiger partial charge in [0.1, 0.15) is 0 Å². The van der Waals surface area contributed by atoms with Crippen LogP contribution in [0.15, 0.2) is 30.3 Å². The summed E-state index contributed by atoms with van der Waals surface area (Å²) in [7, 11) is 2.18. The van der Waals surface area contributed by atoms with Crippen LogP contribution >= 0.6 is 0 Å². The van der Waals surface area contributed by atoms with Crippen LogP contribution < -0.4 is 5.73 Å². The van der Waals surface area contributed by atoms with Crippen LogP contribution in [-0.4, -0.2) is 25.0 Å². The number of benzene rings is 1. The maximum absolute atomic E-state index is 5.94. The molecule has 1 aromatic rings. The van der Waals surface area contributed by atoms with E-state index < -0.39 is 0 Å². The highest BCUT2D eigenvalue weighted by Crippen LogP contribution is 2.26. The van der Waals surface area contributed by atoms with E-state index in [1.54, 1.807) is 0 Å². The Balaban J connectivity index is 2.56. The predicted octanol–water partition coefficient (Wildman–Crippen LogP) is 2.88. The maximum Gasteiger partial charge on any atom is 0.0230 e. The number of nitrogens with two attached hydrogens (primary N) is 1. The Labute approximate surface area is 106 Å². The normalized spacial score (nSPS) is 12.1. The highest BCUT2D eigenvalue weighted by molar-refractivity contribution is 5.14. The summed E-state index contributed by atoms with van der Waals surface area (Å²) >= 11 is 0. The van der Waals surface area contributed by atoms with Gasteiger partial charge in [-0.15, -0.1) is 0 Å². The lowest BCUT2D eigenvalue weighted by Crippen LogP contribution is -2.40. The summed E-state index contributed by atoms with van der Waals surface area (Å²) in [5.41, 5.74) is 7.59. The van der Waals surface area contributed by atoms with Gasteiger partial charge in [-0.3, -0.25) is 0 Å². The number of rotatable bonds is 7. The van der Waals surface area contributed by atoms with Gasteiger partial charge in [-0.1, -0.05) is 44.2 Å². The molecule has 0 aliphatic rings. The Morgan fingerprint density at radius 3 is 2.18 bits per heavy atom. The number of hydrogen-bond acceptors (Lipinski definition) is 2. The SMILES string of the molecule is CCC(CC)(CN)CN(C)Cc1ccccc1. The highest BCUT2D eigenvalue weighted by Gasteiger charge is 2.25. The molecule has 17 heavy (non-hydrogen) atoms. The second-order valence-electron chi connectivity index (χ2n) is 5.07. The Morgan fingerprint density at radius 2 is 1.71 bits per heavy atom. The van der Waals surface area contributed by atoms with Crippen LogP contribution in [0.4, 0.5) is 0 Å². The lowest BCUT2D eigenvalue weighted by atomic mass is 9.82. The van der Waals surface area contributed by atoms with Crippen LogP contribution in [0.1, 0.15) is 32.3 Å². The first-order valence-corrected chi connectivity index (χ1v) is 6.58. The van der Waals surface area contributed by atoms with Crippen LogP contribution in [0, 0.1) is 5.41 Å². The van der Waals surface area contributed by atoms with E-state index in [0.717, 1.165) is 32.5 Å². The summed E-state index contributed by atoms with van der Waals surface area (Å²) in [5.74, 6) is 0. The molecule has 0 saturated carbocycles. The van der Waals surface area contributed by atoms with Gasteiger partial charge >= 0.3 is 0 Å². The lowest BCUT2D eigenvalue weighted by molar-refractivity contribution is 0.162. The Kier molecular flexibility index (Phi) is 5.66. The average molecular weight is 234 g/mol. The molecule has 0 bridgehead atoms. The van der Waals surface area contributed by atoms with Gasteiger partial charge in [-0.2, -0.15) is 0 Å². The summed E-state index contributed by atoms with van der Waals surface area (Å²) in [6, 6.07) is 10.6. The Bertz CT molecular complexity index is 296. The maximum atomic E-state index is 5.94. The molecule has 2 N–H and O–H groups in total. The van der Waals surface area contributed by atoms with Crippen molar-refractivity contribution in [3.05, 3.63) is 35.9 Å². The quantitative estimate of drug-likeness (QED) is 0.786. The van der Waals surface area contributed by atoms with Crippen molar-refractivity contribution < 1.29 is 0 Å². The first-order valence-electron chi connectivity index (χ1n) is 6.58. The molecule has 0 unspecified atom stereocenters. The Hall–Kier alpha value is -0.860. The molecule has 2 nitrogen and oxygen atoms in total. The average Bonchev–Trinajstić information content (AvgIpc) is 2.37. The molecule has 0 radical (unpaired) electrons. The fraction of sp³-hybridized carbons (Fsp3) is 0.600. The number of hydrogen-bond donors (Lipinski definition) is 1. The molecule has 0 aliphatic heterocycles. The van der Waals surface area contributed by atoms with Crippen molar-refractivity contribution in [3.8, 4) is 0 Å². The van der Waals surface area contributed by atoms with Gasteiger partial charge in [0.05, 0.1) is 0 Å². The smallest absolute Gasteiger partial charge is 0.0230 e. The van der Waals surface area contributed by atoms with Gasteiger partial charge in [0.25, 0.3) is 0 Å². The van der Waals surface area contributed by atoms with Crippen LogP contribution in [0.3, 0.4) is 0 Å². The fourth-order valence-corrected chi connectivity index (χ4v) is 2.35. The molecule has 0 aromatic heterocycles. The van der Waals surface area contributed by atoms with Crippen molar-refractivity contribution in [1.29, 1.82) is 0 Å². The third-order valence-corrected chi connectivity index (χ3v) is 3.83. The van der Waals surface area contributed by atoms with E-state index in [-0.39, 0.29) is 5.41 Å². The van der Waals surface area contributed by atoms with Crippen molar-refractivity contribution in [2.24, 2.45) is 11.1 Å². The third kappa shape index (κ3) is 4.14. The second-order valence-corrected chi connectivity index (χ2v) is 5.07. The minimum atomic E-state index is 0.281. The zero-order valence-electron chi connectivity index (χ0n) is 11.4. The van der Waals surface area contributed by atoms with E-state index in [1.165, 1.54) is 5.56 Å². The predicted molar refractivity (Wildman–Crippen MR) is 74.8 cm³/mol. The molecule has 0 saturated heterocycles. The van der Waals surface area contributed by atoms with Crippen LogP contribution in [-0.2, 0) is 6.54 Å². The molecule has 2 heteroatoms. The zero-order chi connectivity index (χ0) is 12.7. The van der Waals surface area contributed by atoms with Gasteiger partial charge in [0.2, 0.25) is 0 Å². The van der Waals surface area contributed by atoms with Crippen molar-refractivity contribution in [3.63, 3.8) is 0 Å². The monoisotopic (exact) mass is 234 g/mol. The lowest BCUT2D eigenvalue weighted by Gasteiger charge is -2.34. The van der Waals surface area contributed by atoms with Crippen LogP contribution in [0.25, 0.3) is 0 Å². The largest absolute Gasteiger partial charge is 0.330 e. The molecule has 0 amide bonds. The molecule has 0 heterocycles. The summed E-state index contributed by atoms with van der Waals surface area (Å²) in [5, 5.41) is 0. The topological polar surface area (TPSA) is 29.3 Å². The number of nitrogens with zero attached hydrogens (tertiary/aromatic N) is 1. The molecule has 0 aliphatic carbocycles. The highest BCUT2D eigenvalue weighted by atomic mass is 15.1. The van der Waals surface area contributed by atoms with Crippen molar-refractivity contribution in [2.75, 3.05) is 20.1 Å². The van der Waals surface area contributed by atoms with Gasteiger partial charge < -0.3 is 10.6 Å². The first kappa shape index (κ1) is 14.2. The van der Waals surface area contributed by atoms with Crippen molar-refractivity contribution >= 4 is 0 Å². The van der Waals surface area contributed by atoms with E-state index in [2.05, 4.69) is 56.1 Å².